The molecule has 0 amide bonds. The molecule has 2 aromatic rings. The van der Waals surface area contributed by atoms with E-state index in [2.05, 4.69) is 23.8 Å². The van der Waals surface area contributed by atoms with Gasteiger partial charge in [-0.05, 0) is 24.6 Å². The normalized spacial score (nSPS) is 12.9. The zero-order valence-electron chi connectivity index (χ0n) is 9.37. The van der Waals surface area contributed by atoms with Crippen molar-refractivity contribution < 1.29 is 0 Å². The standard InChI is InChI=1S/C12H14ClN3/c1-3-7(2)12-15-10-6-8(13)4-5-9(10)11(14)16-12/h4-7H,3H2,1-2H3,(H2,14,15,16). The summed E-state index contributed by atoms with van der Waals surface area (Å²) in [5.74, 6) is 1.62. The molecule has 0 radical (unpaired) electrons. The Morgan fingerprint density at radius 3 is 2.81 bits per heavy atom. The molecular weight excluding hydrogens is 222 g/mol. The summed E-state index contributed by atoms with van der Waals surface area (Å²) in [5, 5.41) is 1.53. The smallest absolute Gasteiger partial charge is 0.135 e. The topological polar surface area (TPSA) is 51.8 Å². The number of rotatable bonds is 2. The second-order valence-electron chi connectivity index (χ2n) is 3.94. The molecule has 84 valence electrons. The minimum atomic E-state index is 0.311. The van der Waals surface area contributed by atoms with Crippen LogP contribution in [0.15, 0.2) is 18.2 Å². The van der Waals surface area contributed by atoms with Crippen molar-refractivity contribution in [3.63, 3.8) is 0 Å². The summed E-state index contributed by atoms with van der Waals surface area (Å²) in [6.07, 6.45) is 0.992. The molecule has 1 aromatic heterocycles. The lowest BCUT2D eigenvalue weighted by atomic mass is 10.1. The molecule has 2 N–H and O–H groups in total. The molecule has 0 bridgehead atoms. The molecule has 16 heavy (non-hydrogen) atoms. The van der Waals surface area contributed by atoms with Gasteiger partial charge in [0, 0.05) is 16.3 Å². The maximum atomic E-state index is 5.94. The van der Waals surface area contributed by atoms with Crippen LogP contribution >= 0.6 is 11.6 Å². The molecule has 0 aliphatic carbocycles. The zero-order chi connectivity index (χ0) is 11.7. The highest BCUT2D eigenvalue weighted by molar-refractivity contribution is 6.31. The van der Waals surface area contributed by atoms with E-state index in [1.54, 1.807) is 6.07 Å². The van der Waals surface area contributed by atoms with Gasteiger partial charge in [-0.1, -0.05) is 25.4 Å². The van der Waals surface area contributed by atoms with Crippen molar-refractivity contribution in [3.8, 4) is 0 Å². The van der Waals surface area contributed by atoms with Crippen molar-refractivity contribution in [1.82, 2.24) is 9.97 Å². The van der Waals surface area contributed by atoms with Gasteiger partial charge in [-0.25, -0.2) is 9.97 Å². The van der Waals surface area contributed by atoms with E-state index < -0.39 is 0 Å². The number of hydrogen-bond donors (Lipinski definition) is 1. The predicted octanol–water partition coefficient (Wildman–Crippen LogP) is 3.38. The fraction of sp³-hybridized carbons (Fsp3) is 0.333. The van der Waals surface area contributed by atoms with Crippen LogP contribution in [0.2, 0.25) is 5.02 Å². The van der Waals surface area contributed by atoms with E-state index in [0.29, 0.717) is 16.8 Å². The third-order valence-corrected chi connectivity index (χ3v) is 2.99. The summed E-state index contributed by atoms with van der Waals surface area (Å²) in [4.78, 5) is 8.82. The van der Waals surface area contributed by atoms with E-state index in [9.17, 15) is 0 Å². The molecule has 0 aliphatic heterocycles. The first kappa shape index (κ1) is 11.1. The highest BCUT2D eigenvalue weighted by Crippen LogP contribution is 2.24. The second kappa shape index (κ2) is 4.26. The van der Waals surface area contributed by atoms with E-state index >= 15 is 0 Å². The summed E-state index contributed by atoms with van der Waals surface area (Å²) in [6, 6.07) is 5.47. The molecule has 0 spiro atoms. The molecule has 0 fully saturated rings. The third-order valence-electron chi connectivity index (χ3n) is 2.76. The quantitative estimate of drug-likeness (QED) is 0.868. The van der Waals surface area contributed by atoms with Gasteiger partial charge in [0.2, 0.25) is 0 Å². The SMILES string of the molecule is CCC(C)c1nc(N)c2ccc(Cl)cc2n1. The summed E-state index contributed by atoms with van der Waals surface area (Å²) in [5.41, 5.74) is 6.72. The number of nitrogens with two attached hydrogens (primary N) is 1. The number of hydrogen-bond acceptors (Lipinski definition) is 3. The molecule has 0 saturated heterocycles. The van der Waals surface area contributed by atoms with Gasteiger partial charge in [0.25, 0.3) is 0 Å². The molecule has 0 saturated carbocycles. The minimum Gasteiger partial charge on any atom is -0.383 e. The number of fused-ring (bicyclic) bond motifs is 1. The van der Waals surface area contributed by atoms with E-state index in [1.165, 1.54) is 0 Å². The number of nitrogen functional groups attached to an aromatic ring is 1. The van der Waals surface area contributed by atoms with E-state index in [1.807, 2.05) is 12.1 Å². The van der Waals surface area contributed by atoms with Crippen LogP contribution in [0, 0.1) is 0 Å². The van der Waals surface area contributed by atoms with Crippen LogP contribution in [0.4, 0.5) is 5.82 Å². The summed E-state index contributed by atoms with van der Waals surface area (Å²) >= 11 is 5.94. The number of aromatic nitrogens is 2. The first-order chi connectivity index (χ1) is 7.61. The Hall–Kier alpha value is -1.35. The Bertz CT molecular complexity index is 525. The van der Waals surface area contributed by atoms with Gasteiger partial charge in [-0.15, -0.1) is 0 Å². The molecule has 3 nitrogen and oxygen atoms in total. The first-order valence-corrected chi connectivity index (χ1v) is 5.72. The average molecular weight is 236 g/mol. The van der Waals surface area contributed by atoms with Gasteiger partial charge >= 0.3 is 0 Å². The largest absolute Gasteiger partial charge is 0.383 e. The van der Waals surface area contributed by atoms with Crippen LogP contribution in [0.1, 0.15) is 32.0 Å². The van der Waals surface area contributed by atoms with Gasteiger partial charge < -0.3 is 5.73 Å². The summed E-state index contributed by atoms with van der Waals surface area (Å²) in [6.45, 7) is 4.19. The molecule has 1 atom stereocenters. The second-order valence-corrected chi connectivity index (χ2v) is 4.37. The van der Waals surface area contributed by atoms with E-state index in [0.717, 1.165) is 23.1 Å². The minimum absolute atomic E-state index is 0.311. The Kier molecular flexibility index (Phi) is 2.97. The van der Waals surface area contributed by atoms with Gasteiger partial charge in [-0.2, -0.15) is 0 Å². The molecule has 4 heteroatoms. The first-order valence-electron chi connectivity index (χ1n) is 5.34. The van der Waals surface area contributed by atoms with Crippen molar-refractivity contribution in [2.75, 3.05) is 5.73 Å². The highest BCUT2D eigenvalue weighted by atomic mass is 35.5. The van der Waals surface area contributed by atoms with Crippen LogP contribution in [0.25, 0.3) is 10.9 Å². The third kappa shape index (κ3) is 1.95. The average Bonchev–Trinajstić information content (AvgIpc) is 2.27. The lowest BCUT2D eigenvalue weighted by Gasteiger charge is -2.09. The molecule has 0 aliphatic rings. The van der Waals surface area contributed by atoms with Gasteiger partial charge in [0.1, 0.15) is 11.6 Å². The van der Waals surface area contributed by atoms with Crippen molar-refractivity contribution in [3.05, 3.63) is 29.0 Å². The lowest BCUT2D eigenvalue weighted by molar-refractivity contribution is 0.684. The maximum Gasteiger partial charge on any atom is 0.135 e. The monoisotopic (exact) mass is 235 g/mol. The number of anilines is 1. The van der Waals surface area contributed by atoms with Crippen LogP contribution < -0.4 is 5.73 Å². The maximum absolute atomic E-state index is 5.94. The van der Waals surface area contributed by atoms with Crippen LogP contribution in [-0.2, 0) is 0 Å². The van der Waals surface area contributed by atoms with Crippen LogP contribution in [-0.4, -0.2) is 9.97 Å². The molecule has 1 aromatic carbocycles. The van der Waals surface area contributed by atoms with Crippen molar-refractivity contribution in [2.45, 2.75) is 26.2 Å². The van der Waals surface area contributed by atoms with Crippen LogP contribution in [0.3, 0.4) is 0 Å². The van der Waals surface area contributed by atoms with Crippen molar-refractivity contribution >= 4 is 28.3 Å². The van der Waals surface area contributed by atoms with Crippen molar-refractivity contribution in [1.29, 1.82) is 0 Å². The lowest BCUT2D eigenvalue weighted by Crippen LogP contribution is -2.04. The number of halogens is 1. The Morgan fingerprint density at radius 2 is 2.12 bits per heavy atom. The number of nitrogens with zero attached hydrogens (tertiary/aromatic N) is 2. The van der Waals surface area contributed by atoms with Gasteiger partial charge in [-0.3, -0.25) is 0 Å². The fourth-order valence-electron chi connectivity index (χ4n) is 1.55. The predicted molar refractivity (Wildman–Crippen MR) is 67.7 cm³/mol. The Labute approximate surface area is 99.7 Å². The molecular formula is C12H14ClN3. The van der Waals surface area contributed by atoms with E-state index in [-0.39, 0.29) is 0 Å². The number of benzene rings is 1. The highest BCUT2D eigenvalue weighted by Gasteiger charge is 2.10. The molecule has 1 heterocycles. The van der Waals surface area contributed by atoms with E-state index in [4.69, 9.17) is 17.3 Å². The van der Waals surface area contributed by atoms with Gasteiger partial charge in [0.15, 0.2) is 0 Å². The molecule has 2 rings (SSSR count). The Morgan fingerprint density at radius 1 is 1.38 bits per heavy atom. The Balaban J connectivity index is 2.65. The fourth-order valence-corrected chi connectivity index (χ4v) is 1.72. The zero-order valence-corrected chi connectivity index (χ0v) is 10.1. The summed E-state index contributed by atoms with van der Waals surface area (Å²) in [7, 11) is 0. The van der Waals surface area contributed by atoms with Gasteiger partial charge in [0.05, 0.1) is 5.52 Å². The molecule has 1 unspecified atom stereocenters. The summed E-state index contributed by atoms with van der Waals surface area (Å²) < 4.78 is 0. The van der Waals surface area contributed by atoms with Crippen LogP contribution in [0.5, 0.6) is 0 Å². The van der Waals surface area contributed by atoms with Crippen molar-refractivity contribution in [2.24, 2.45) is 0 Å².